The molecule has 0 radical (unpaired) electrons. The number of amides is 1. The number of carbonyl (C=O) groups is 1. The van der Waals surface area contributed by atoms with Gasteiger partial charge in [-0.3, -0.25) is 4.79 Å². The number of nitrogens with zero attached hydrogens (tertiary/aromatic N) is 1. The second-order valence-electron chi connectivity index (χ2n) is 5.91. The van der Waals surface area contributed by atoms with E-state index in [4.69, 9.17) is 0 Å². The third kappa shape index (κ3) is 3.31. The molecule has 5 nitrogen and oxygen atoms in total. The van der Waals surface area contributed by atoms with Gasteiger partial charge in [-0.2, -0.15) is 4.31 Å². The Kier molecular flexibility index (Phi) is 4.47. The Balaban J connectivity index is 1.77. The molecule has 1 aromatic rings. The summed E-state index contributed by atoms with van der Waals surface area (Å²) in [6.45, 7) is 2.52. The van der Waals surface area contributed by atoms with E-state index in [2.05, 4.69) is 5.32 Å². The second kappa shape index (κ2) is 6.22. The molecule has 0 aromatic heterocycles. The van der Waals surface area contributed by atoms with E-state index in [0.29, 0.717) is 24.1 Å². The second-order valence-corrected chi connectivity index (χ2v) is 8.80. The molecule has 1 N–H and O–H groups in total. The van der Waals surface area contributed by atoms with Crippen LogP contribution in [-0.4, -0.2) is 42.8 Å². The van der Waals surface area contributed by atoms with Crippen LogP contribution in [0.3, 0.4) is 0 Å². The molecule has 120 valence electrons. The van der Waals surface area contributed by atoms with Gasteiger partial charge >= 0.3 is 0 Å². The van der Waals surface area contributed by atoms with Crippen LogP contribution in [0.1, 0.15) is 18.4 Å². The average molecular weight is 340 g/mol. The Morgan fingerprint density at radius 1 is 1.41 bits per heavy atom. The summed E-state index contributed by atoms with van der Waals surface area (Å²) in [6, 6.07) is 6.22. The smallest absolute Gasteiger partial charge is 0.244 e. The standard InChI is InChI=1S/C15H20N2O3S2/c1-11-3-2-4-13(7-11)22(19,20)17-10-21-9-14(17)15(18)16-8-12-5-6-12/h2-4,7,12,14H,5-6,8-10H2,1H3,(H,16,18)/t14-/m1/s1. The number of sulfonamides is 1. The van der Waals surface area contributed by atoms with E-state index in [0.717, 1.165) is 18.4 Å². The molecule has 1 aliphatic carbocycles. The van der Waals surface area contributed by atoms with Gasteiger partial charge in [0, 0.05) is 12.3 Å². The lowest BCUT2D eigenvalue weighted by Gasteiger charge is -2.22. The number of thioether (sulfide) groups is 1. The number of nitrogens with one attached hydrogen (secondary N) is 1. The SMILES string of the molecule is Cc1cccc(S(=O)(=O)N2CSC[C@@H]2C(=O)NCC2CC2)c1. The first kappa shape index (κ1) is 15.8. The van der Waals surface area contributed by atoms with E-state index in [1.54, 1.807) is 18.2 Å². The van der Waals surface area contributed by atoms with Crippen molar-refractivity contribution in [3.63, 3.8) is 0 Å². The van der Waals surface area contributed by atoms with Crippen molar-refractivity contribution >= 4 is 27.7 Å². The number of carbonyl (C=O) groups excluding carboxylic acids is 1. The highest BCUT2D eigenvalue weighted by molar-refractivity contribution is 8.00. The van der Waals surface area contributed by atoms with Crippen LogP contribution in [0.15, 0.2) is 29.2 Å². The lowest BCUT2D eigenvalue weighted by Crippen LogP contribution is -2.47. The minimum absolute atomic E-state index is 0.173. The Hall–Kier alpha value is -1.05. The summed E-state index contributed by atoms with van der Waals surface area (Å²) in [6.07, 6.45) is 2.32. The van der Waals surface area contributed by atoms with Gasteiger partial charge in [-0.15, -0.1) is 11.8 Å². The maximum atomic E-state index is 12.8. The molecule has 7 heteroatoms. The quantitative estimate of drug-likeness (QED) is 0.884. The number of benzene rings is 1. The van der Waals surface area contributed by atoms with Crippen molar-refractivity contribution in [1.82, 2.24) is 9.62 Å². The van der Waals surface area contributed by atoms with Crippen molar-refractivity contribution in [2.75, 3.05) is 18.2 Å². The summed E-state index contributed by atoms with van der Waals surface area (Å²) in [4.78, 5) is 12.6. The van der Waals surface area contributed by atoms with Gasteiger partial charge in [0.15, 0.2) is 0 Å². The van der Waals surface area contributed by atoms with Gasteiger partial charge in [0.05, 0.1) is 10.8 Å². The van der Waals surface area contributed by atoms with Crippen molar-refractivity contribution < 1.29 is 13.2 Å². The summed E-state index contributed by atoms with van der Waals surface area (Å²) in [5, 5.41) is 2.89. The molecule has 0 spiro atoms. The maximum Gasteiger partial charge on any atom is 0.244 e. The number of hydrogen-bond acceptors (Lipinski definition) is 4. The normalized spacial score (nSPS) is 22.7. The molecule has 1 aliphatic heterocycles. The summed E-state index contributed by atoms with van der Waals surface area (Å²) in [5.74, 6) is 1.26. The van der Waals surface area contributed by atoms with Gasteiger partial charge in [-0.1, -0.05) is 12.1 Å². The van der Waals surface area contributed by atoms with E-state index in [-0.39, 0.29) is 10.8 Å². The van der Waals surface area contributed by atoms with E-state index >= 15 is 0 Å². The van der Waals surface area contributed by atoms with Gasteiger partial charge in [0.1, 0.15) is 6.04 Å². The third-order valence-electron chi connectivity index (χ3n) is 4.00. The molecule has 1 aromatic carbocycles. The van der Waals surface area contributed by atoms with Gasteiger partial charge in [0.25, 0.3) is 0 Å². The molecular weight excluding hydrogens is 320 g/mol. The lowest BCUT2D eigenvalue weighted by atomic mass is 10.2. The molecule has 1 atom stereocenters. The highest BCUT2D eigenvalue weighted by Gasteiger charge is 2.40. The van der Waals surface area contributed by atoms with Crippen molar-refractivity contribution in [1.29, 1.82) is 0 Å². The van der Waals surface area contributed by atoms with E-state index in [9.17, 15) is 13.2 Å². The fraction of sp³-hybridized carbons (Fsp3) is 0.533. The predicted octanol–water partition coefficient (Wildman–Crippen LogP) is 1.58. The zero-order chi connectivity index (χ0) is 15.7. The minimum Gasteiger partial charge on any atom is -0.354 e. The lowest BCUT2D eigenvalue weighted by molar-refractivity contribution is -0.123. The number of hydrogen-bond donors (Lipinski definition) is 1. The van der Waals surface area contributed by atoms with E-state index in [1.165, 1.54) is 16.1 Å². The zero-order valence-electron chi connectivity index (χ0n) is 12.5. The first-order valence-corrected chi connectivity index (χ1v) is 10.0. The average Bonchev–Trinajstić information content (AvgIpc) is 3.18. The van der Waals surface area contributed by atoms with Gasteiger partial charge in [-0.25, -0.2) is 8.42 Å². The van der Waals surface area contributed by atoms with Crippen LogP contribution in [0.4, 0.5) is 0 Å². The fourth-order valence-corrected chi connectivity index (χ4v) is 5.72. The first-order valence-electron chi connectivity index (χ1n) is 7.42. The Bertz CT molecular complexity index is 671. The first-order chi connectivity index (χ1) is 10.5. The molecule has 0 bridgehead atoms. The van der Waals surface area contributed by atoms with E-state index < -0.39 is 16.1 Å². The number of rotatable bonds is 5. The molecular formula is C15H20N2O3S2. The fourth-order valence-electron chi connectivity index (χ4n) is 2.47. The molecule has 1 heterocycles. The van der Waals surface area contributed by atoms with Crippen LogP contribution in [0.2, 0.25) is 0 Å². The zero-order valence-corrected chi connectivity index (χ0v) is 14.1. The largest absolute Gasteiger partial charge is 0.354 e. The number of aryl methyl sites for hydroxylation is 1. The topological polar surface area (TPSA) is 66.5 Å². The van der Waals surface area contributed by atoms with Crippen LogP contribution in [0.25, 0.3) is 0 Å². The third-order valence-corrected chi connectivity index (χ3v) is 7.03. The molecule has 22 heavy (non-hydrogen) atoms. The Morgan fingerprint density at radius 3 is 2.86 bits per heavy atom. The molecule has 0 unspecified atom stereocenters. The van der Waals surface area contributed by atoms with Crippen molar-refractivity contribution in [3.05, 3.63) is 29.8 Å². The van der Waals surface area contributed by atoms with Crippen molar-refractivity contribution in [2.45, 2.75) is 30.7 Å². The predicted molar refractivity (Wildman–Crippen MR) is 87.1 cm³/mol. The van der Waals surface area contributed by atoms with Crippen LogP contribution >= 0.6 is 11.8 Å². The van der Waals surface area contributed by atoms with Crippen molar-refractivity contribution in [3.8, 4) is 0 Å². The molecule has 1 saturated heterocycles. The van der Waals surface area contributed by atoms with Crippen LogP contribution < -0.4 is 5.32 Å². The van der Waals surface area contributed by atoms with E-state index in [1.807, 2.05) is 13.0 Å². The van der Waals surface area contributed by atoms with Crippen LogP contribution in [0.5, 0.6) is 0 Å². The Labute approximate surface area is 135 Å². The van der Waals surface area contributed by atoms with Crippen molar-refractivity contribution in [2.24, 2.45) is 5.92 Å². The highest BCUT2D eigenvalue weighted by Crippen LogP contribution is 2.30. The highest BCUT2D eigenvalue weighted by atomic mass is 32.2. The molecule has 1 saturated carbocycles. The Morgan fingerprint density at radius 2 is 2.18 bits per heavy atom. The van der Waals surface area contributed by atoms with Crippen LogP contribution in [-0.2, 0) is 14.8 Å². The monoisotopic (exact) mass is 340 g/mol. The maximum absolute atomic E-state index is 12.8. The minimum atomic E-state index is -3.63. The summed E-state index contributed by atoms with van der Waals surface area (Å²) in [7, 11) is -3.63. The van der Waals surface area contributed by atoms with Gasteiger partial charge < -0.3 is 5.32 Å². The molecule has 1 amide bonds. The summed E-state index contributed by atoms with van der Waals surface area (Å²) >= 11 is 1.48. The summed E-state index contributed by atoms with van der Waals surface area (Å²) in [5.41, 5.74) is 0.891. The molecule has 2 fully saturated rings. The molecule has 2 aliphatic rings. The van der Waals surface area contributed by atoms with Crippen LogP contribution in [0, 0.1) is 12.8 Å². The molecule has 3 rings (SSSR count). The summed E-state index contributed by atoms with van der Waals surface area (Å²) < 4.78 is 26.9. The van der Waals surface area contributed by atoms with Gasteiger partial charge in [-0.05, 0) is 43.4 Å². The van der Waals surface area contributed by atoms with Gasteiger partial charge in [0.2, 0.25) is 15.9 Å².